The zero-order chi connectivity index (χ0) is 17.8. The first-order chi connectivity index (χ1) is 12.0. The van der Waals surface area contributed by atoms with Crippen molar-refractivity contribution in [1.82, 2.24) is 0 Å². The minimum atomic E-state index is -0.510. The third-order valence-electron chi connectivity index (χ3n) is 3.61. The summed E-state index contributed by atoms with van der Waals surface area (Å²) in [6.45, 7) is 1.08. The van der Waals surface area contributed by atoms with Gasteiger partial charge in [-0.3, -0.25) is 14.9 Å². The van der Waals surface area contributed by atoms with Crippen molar-refractivity contribution >= 4 is 29.1 Å². The highest BCUT2D eigenvalue weighted by atomic mass is 35.5. The van der Waals surface area contributed by atoms with Crippen LogP contribution >= 0.6 is 11.6 Å². The van der Waals surface area contributed by atoms with Gasteiger partial charge in [0.05, 0.1) is 23.2 Å². The number of non-ortho nitro benzene ring substituents is 1. The SMILES string of the molecule is O=C(/C=C/c1cc(Cl)c2c(c1)OCCCO2)c1ccc([N+](=O)[O-])cc1. The fraction of sp³-hybridized carbons (Fsp3) is 0.167. The van der Waals surface area contributed by atoms with Gasteiger partial charge in [-0.05, 0) is 35.9 Å². The normalized spacial score (nSPS) is 13.5. The zero-order valence-electron chi connectivity index (χ0n) is 13.1. The number of carbonyl (C=O) groups is 1. The topological polar surface area (TPSA) is 78.7 Å². The summed E-state index contributed by atoms with van der Waals surface area (Å²) in [4.78, 5) is 22.3. The molecule has 0 saturated heterocycles. The summed E-state index contributed by atoms with van der Waals surface area (Å²) >= 11 is 6.21. The molecular formula is C18H14ClNO5. The molecule has 0 radical (unpaired) electrons. The highest BCUT2D eigenvalue weighted by Crippen LogP contribution is 2.38. The average molecular weight is 360 g/mol. The van der Waals surface area contributed by atoms with Crippen molar-refractivity contribution in [2.45, 2.75) is 6.42 Å². The number of nitro groups is 1. The smallest absolute Gasteiger partial charge is 0.269 e. The summed E-state index contributed by atoms with van der Waals surface area (Å²) in [5.74, 6) is 0.795. The number of ether oxygens (including phenoxy) is 2. The molecule has 0 aromatic heterocycles. The summed E-state index contributed by atoms with van der Waals surface area (Å²) in [6, 6.07) is 8.88. The molecule has 0 bridgehead atoms. The molecule has 1 aliphatic heterocycles. The van der Waals surface area contributed by atoms with E-state index in [2.05, 4.69) is 0 Å². The first-order valence-corrected chi connectivity index (χ1v) is 7.98. The Hall–Kier alpha value is -2.86. The minimum absolute atomic E-state index is 0.0600. The molecular weight excluding hydrogens is 346 g/mol. The molecule has 0 saturated carbocycles. The van der Waals surface area contributed by atoms with Gasteiger partial charge in [0, 0.05) is 24.1 Å². The van der Waals surface area contributed by atoms with Crippen LogP contribution in [0.2, 0.25) is 5.02 Å². The molecule has 0 amide bonds. The summed E-state index contributed by atoms with van der Waals surface area (Å²) in [5.41, 5.74) is 1.00. The Morgan fingerprint density at radius 3 is 2.60 bits per heavy atom. The van der Waals surface area contributed by atoms with E-state index in [1.807, 2.05) is 0 Å². The Balaban J connectivity index is 1.79. The van der Waals surface area contributed by atoms with Crippen molar-refractivity contribution < 1.29 is 19.2 Å². The van der Waals surface area contributed by atoms with Crippen molar-refractivity contribution in [1.29, 1.82) is 0 Å². The van der Waals surface area contributed by atoms with Gasteiger partial charge in [0.1, 0.15) is 0 Å². The first kappa shape index (κ1) is 17.0. The molecule has 3 rings (SSSR count). The Kier molecular flexibility index (Phi) is 5.00. The Bertz CT molecular complexity index is 845. The van der Waals surface area contributed by atoms with Crippen LogP contribution in [-0.4, -0.2) is 23.9 Å². The molecule has 0 aliphatic carbocycles. The van der Waals surface area contributed by atoms with Crippen molar-refractivity contribution in [2.24, 2.45) is 0 Å². The molecule has 25 heavy (non-hydrogen) atoms. The highest BCUT2D eigenvalue weighted by molar-refractivity contribution is 6.32. The summed E-state index contributed by atoms with van der Waals surface area (Å²) in [5, 5.41) is 11.1. The standard InChI is InChI=1S/C18H14ClNO5/c19-15-10-12(11-17-18(15)25-9-1-8-24-17)2-7-16(21)13-3-5-14(6-4-13)20(22)23/h2-7,10-11H,1,8-9H2/b7-2+. The molecule has 0 unspecified atom stereocenters. The van der Waals surface area contributed by atoms with E-state index in [0.717, 1.165) is 6.42 Å². The second kappa shape index (κ2) is 7.36. The lowest BCUT2D eigenvalue weighted by Gasteiger charge is -2.09. The summed E-state index contributed by atoms with van der Waals surface area (Å²) in [7, 11) is 0. The van der Waals surface area contributed by atoms with Crippen LogP contribution in [0, 0.1) is 10.1 Å². The number of hydrogen-bond acceptors (Lipinski definition) is 5. The number of nitrogens with zero attached hydrogens (tertiary/aromatic N) is 1. The molecule has 6 nitrogen and oxygen atoms in total. The molecule has 1 aliphatic rings. The lowest BCUT2D eigenvalue weighted by atomic mass is 10.1. The van der Waals surface area contributed by atoms with Gasteiger partial charge in [0.2, 0.25) is 0 Å². The van der Waals surface area contributed by atoms with E-state index in [4.69, 9.17) is 21.1 Å². The van der Waals surface area contributed by atoms with Crippen LogP contribution in [0.4, 0.5) is 5.69 Å². The molecule has 0 spiro atoms. The molecule has 2 aromatic carbocycles. The third kappa shape index (κ3) is 3.97. The number of fused-ring (bicyclic) bond motifs is 1. The number of carbonyl (C=O) groups excluding carboxylic acids is 1. The Morgan fingerprint density at radius 1 is 1.16 bits per heavy atom. The fourth-order valence-corrected chi connectivity index (χ4v) is 2.64. The van der Waals surface area contributed by atoms with Crippen LogP contribution in [0.5, 0.6) is 11.5 Å². The first-order valence-electron chi connectivity index (χ1n) is 7.60. The van der Waals surface area contributed by atoms with Gasteiger partial charge in [-0.2, -0.15) is 0 Å². The Morgan fingerprint density at radius 2 is 1.88 bits per heavy atom. The maximum atomic E-state index is 12.2. The lowest BCUT2D eigenvalue weighted by Crippen LogP contribution is -1.97. The largest absolute Gasteiger partial charge is 0.489 e. The number of hydrogen-bond donors (Lipinski definition) is 0. The maximum Gasteiger partial charge on any atom is 0.269 e. The van der Waals surface area contributed by atoms with Crippen LogP contribution in [0.3, 0.4) is 0 Å². The molecule has 1 heterocycles. The zero-order valence-corrected chi connectivity index (χ0v) is 13.9. The predicted octanol–water partition coefficient (Wildman–Crippen LogP) is 4.31. The fourth-order valence-electron chi connectivity index (χ4n) is 2.36. The molecule has 0 atom stereocenters. The van der Waals surface area contributed by atoms with Gasteiger partial charge in [-0.1, -0.05) is 17.7 Å². The number of ketones is 1. The number of halogens is 1. The quantitative estimate of drug-likeness (QED) is 0.352. The maximum absolute atomic E-state index is 12.2. The number of allylic oxidation sites excluding steroid dienone is 1. The van der Waals surface area contributed by atoms with Crippen LogP contribution in [-0.2, 0) is 0 Å². The highest BCUT2D eigenvalue weighted by Gasteiger charge is 2.15. The summed E-state index contributed by atoms with van der Waals surface area (Å²) < 4.78 is 11.2. The summed E-state index contributed by atoms with van der Waals surface area (Å²) in [6.07, 6.45) is 3.77. The number of nitro benzene ring substituents is 1. The van der Waals surface area contributed by atoms with E-state index in [1.54, 1.807) is 18.2 Å². The van der Waals surface area contributed by atoms with Gasteiger partial charge in [-0.15, -0.1) is 0 Å². The van der Waals surface area contributed by atoms with Crippen LogP contribution in [0.1, 0.15) is 22.3 Å². The number of rotatable bonds is 4. The van der Waals surface area contributed by atoms with Gasteiger partial charge < -0.3 is 9.47 Å². The Labute approximate surface area is 148 Å². The average Bonchev–Trinajstić information content (AvgIpc) is 2.85. The second-order valence-corrected chi connectivity index (χ2v) is 5.79. The molecule has 128 valence electrons. The lowest BCUT2D eigenvalue weighted by molar-refractivity contribution is -0.384. The van der Waals surface area contributed by atoms with E-state index in [-0.39, 0.29) is 11.5 Å². The van der Waals surface area contributed by atoms with Crippen LogP contribution in [0.15, 0.2) is 42.5 Å². The van der Waals surface area contributed by atoms with E-state index < -0.39 is 4.92 Å². The molecule has 7 heteroatoms. The van der Waals surface area contributed by atoms with Crippen molar-refractivity contribution in [2.75, 3.05) is 13.2 Å². The third-order valence-corrected chi connectivity index (χ3v) is 3.90. The number of benzene rings is 2. The monoisotopic (exact) mass is 359 g/mol. The van der Waals surface area contributed by atoms with Crippen molar-refractivity contribution in [3.05, 3.63) is 68.7 Å². The van der Waals surface area contributed by atoms with E-state index >= 15 is 0 Å². The van der Waals surface area contributed by atoms with Gasteiger partial charge >= 0.3 is 0 Å². The molecule has 2 aromatic rings. The van der Waals surface area contributed by atoms with Crippen LogP contribution < -0.4 is 9.47 Å². The van der Waals surface area contributed by atoms with Gasteiger partial charge in [0.15, 0.2) is 17.3 Å². The second-order valence-electron chi connectivity index (χ2n) is 5.38. The van der Waals surface area contributed by atoms with E-state index in [0.29, 0.717) is 40.9 Å². The van der Waals surface area contributed by atoms with Crippen LogP contribution in [0.25, 0.3) is 6.08 Å². The van der Waals surface area contributed by atoms with Crippen molar-refractivity contribution in [3.63, 3.8) is 0 Å². The molecule has 0 N–H and O–H groups in total. The predicted molar refractivity (Wildman–Crippen MR) is 93.5 cm³/mol. The molecule has 0 fully saturated rings. The van der Waals surface area contributed by atoms with Crippen molar-refractivity contribution in [3.8, 4) is 11.5 Å². The van der Waals surface area contributed by atoms with Gasteiger partial charge in [-0.25, -0.2) is 0 Å². The minimum Gasteiger partial charge on any atom is -0.489 e. The van der Waals surface area contributed by atoms with Gasteiger partial charge in [0.25, 0.3) is 5.69 Å². The van der Waals surface area contributed by atoms with E-state index in [1.165, 1.54) is 30.3 Å². The van der Waals surface area contributed by atoms with E-state index in [9.17, 15) is 14.9 Å².